The van der Waals surface area contributed by atoms with Gasteiger partial charge in [-0.1, -0.05) is 0 Å². The smallest absolute Gasteiger partial charge is 0.174 e. The summed E-state index contributed by atoms with van der Waals surface area (Å²) >= 11 is 1.74. The molecule has 1 aromatic carbocycles. The first-order chi connectivity index (χ1) is 8.30. The number of anilines is 1. The molecule has 0 spiro atoms. The molecule has 3 nitrogen and oxygen atoms in total. The highest BCUT2D eigenvalue weighted by Crippen LogP contribution is 2.17. The number of rotatable bonds is 8. The summed E-state index contributed by atoms with van der Waals surface area (Å²) in [5.41, 5.74) is 1.09. The number of hydrogen-bond donors (Lipinski definition) is 1. The van der Waals surface area contributed by atoms with Crippen molar-refractivity contribution in [2.45, 2.75) is 25.0 Å². The van der Waals surface area contributed by atoms with E-state index in [1.165, 1.54) is 4.90 Å². The monoisotopic (exact) mass is 255 g/mol. The third-order valence-electron chi connectivity index (χ3n) is 2.27. The minimum Gasteiger partial charge on any atom is -0.380 e. The first-order valence-corrected chi connectivity index (χ1v) is 7.13. The normalized spacial score (nSPS) is 10.8. The molecule has 0 heterocycles. The maximum atomic E-state index is 5.46. The van der Waals surface area contributed by atoms with Crippen LogP contribution in [-0.2, 0) is 9.47 Å². The average molecular weight is 255 g/mol. The zero-order chi connectivity index (χ0) is 12.5. The van der Waals surface area contributed by atoms with Gasteiger partial charge in [0.15, 0.2) is 6.29 Å². The summed E-state index contributed by atoms with van der Waals surface area (Å²) in [5.74, 6) is 0. The van der Waals surface area contributed by atoms with E-state index >= 15 is 0 Å². The SMILES string of the molecule is CCOC(CNc1ccc(SC)cc1)OCC. The molecule has 17 heavy (non-hydrogen) atoms. The van der Waals surface area contributed by atoms with E-state index in [0.29, 0.717) is 19.8 Å². The Bertz CT molecular complexity index is 297. The van der Waals surface area contributed by atoms with Gasteiger partial charge in [0.2, 0.25) is 0 Å². The second kappa shape index (κ2) is 8.39. The molecule has 0 aromatic heterocycles. The minimum atomic E-state index is -0.176. The quantitative estimate of drug-likeness (QED) is 0.571. The molecule has 1 N–H and O–H groups in total. The van der Waals surface area contributed by atoms with Crippen LogP contribution in [-0.4, -0.2) is 32.3 Å². The van der Waals surface area contributed by atoms with Crippen LogP contribution < -0.4 is 5.32 Å². The summed E-state index contributed by atoms with van der Waals surface area (Å²) in [6.45, 7) is 5.94. The molecule has 0 atom stereocenters. The molecule has 96 valence electrons. The van der Waals surface area contributed by atoms with Gasteiger partial charge in [-0.2, -0.15) is 0 Å². The topological polar surface area (TPSA) is 30.5 Å². The van der Waals surface area contributed by atoms with Crippen molar-refractivity contribution in [2.24, 2.45) is 0 Å². The van der Waals surface area contributed by atoms with Crippen LogP contribution in [0.15, 0.2) is 29.2 Å². The van der Waals surface area contributed by atoms with Crippen LogP contribution >= 0.6 is 11.8 Å². The highest BCUT2D eigenvalue weighted by Gasteiger charge is 2.06. The molecule has 1 rings (SSSR count). The van der Waals surface area contributed by atoms with E-state index in [1.807, 2.05) is 13.8 Å². The highest BCUT2D eigenvalue weighted by atomic mass is 32.2. The third kappa shape index (κ3) is 5.44. The molecule has 0 aliphatic heterocycles. The Hall–Kier alpha value is -0.710. The second-order valence-corrected chi connectivity index (χ2v) is 4.33. The Morgan fingerprint density at radius 3 is 2.18 bits per heavy atom. The van der Waals surface area contributed by atoms with E-state index in [1.54, 1.807) is 11.8 Å². The fraction of sp³-hybridized carbons (Fsp3) is 0.538. The first-order valence-electron chi connectivity index (χ1n) is 5.91. The van der Waals surface area contributed by atoms with Gasteiger partial charge < -0.3 is 14.8 Å². The van der Waals surface area contributed by atoms with Crippen LogP contribution in [0.5, 0.6) is 0 Å². The fourth-order valence-electron chi connectivity index (χ4n) is 1.45. The molecule has 0 unspecified atom stereocenters. The lowest BCUT2D eigenvalue weighted by Gasteiger charge is -2.18. The van der Waals surface area contributed by atoms with Gasteiger partial charge >= 0.3 is 0 Å². The lowest BCUT2D eigenvalue weighted by molar-refractivity contribution is -0.126. The second-order valence-electron chi connectivity index (χ2n) is 3.45. The summed E-state index contributed by atoms with van der Waals surface area (Å²) in [7, 11) is 0. The Morgan fingerprint density at radius 2 is 1.71 bits per heavy atom. The number of ether oxygens (including phenoxy) is 2. The van der Waals surface area contributed by atoms with Gasteiger partial charge in [0.1, 0.15) is 0 Å². The minimum absolute atomic E-state index is 0.176. The third-order valence-corrected chi connectivity index (χ3v) is 3.01. The van der Waals surface area contributed by atoms with Crippen molar-refractivity contribution in [3.63, 3.8) is 0 Å². The number of hydrogen-bond acceptors (Lipinski definition) is 4. The molecular weight excluding hydrogens is 234 g/mol. The van der Waals surface area contributed by atoms with Crippen LogP contribution in [0.4, 0.5) is 5.69 Å². The van der Waals surface area contributed by atoms with Crippen molar-refractivity contribution in [2.75, 3.05) is 31.3 Å². The lowest BCUT2D eigenvalue weighted by Crippen LogP contribution is -2.26. The van der Waals surface area contributed by atoms with Gasteiger partial charge in [-0.05, 0) is 44.4 Å². The molecule has 0 aliphatic rings. The Balaban J connectivity index is 2.41. The van der Waals surface area contributed by atoms with Gasteiger partial charge in [0.25, 0.3) is 0 Å². The molecule has 0 bridgehead atoms. The predicted molar refractivity (Wildman–Crippen MR) is 73.8 cm³/mol. The van der Waals surface area contributed by atoms with Gasteiger partial charge in [-0.15, -0.1) is 11.8 Å². The van der Waals surface area contributed by atoms with E-state index in [4.69, 9.17) is 9.47 Å². The average Bonchev–Trinajstić information content (AvgIpc) is 2.37. The van der Waals surface area contributed by atoms with Crippen molar-refractivity contribution in [1.82, 2.24) is 0 Å². The van der Waals surface area contributed by atoms with E-state index in [2.05, 4.69) is 35.8 Å². The zero-order valence-electron chi connectivity index (χ0n) is 10.7. The van der Waals surface area contributed by atoms with Crippen molar-refractivity contribution in [3.05, 3.63) is 24.3 Å². The van der Waals surface area contributed by atoms with Gasteiger partial charge in [0, 0.05) is 23.8 Å². The maximum absolute atomic E-state index is 5.46. The molecule has 1 aromatic rings. The number of nitrogens with one attached hydrogen (secondary N) is 1. The van der Waals surface area contributed by atoms with Crippen molar-refractivity contribution in [3.8, 4) is 0 Å². The van der Waals surface area contributed by atoms with Crippen LogP contribution in [0, 0.1) is 0 Å². The van der Waals surface area contributed by atoms with E-state index in [9.17, 15) is 0 Å². The molecule has 0 fully saturated rings. The molecule has 0 radical (unpaired) electrons. The zero-order valence-corrected chi connectivity index (χ0v) is 11.5. The standard InChI is InChI=1S/C13H21NO2S/c1-4-15-13(16-5-2)10-14-11-6-8-12(17-3)9-7-11/h6-9,13-14H,4-5,10H2,1-3H3. The van der Waals surface area contributed by atoms with Crippen LogP contribution in [0.3, 0.4) is 0 Å². The molecule has 0 saturated heterocycles. The van der Waals surface area contributed by atoms with Gasteiger partial charge in [-0.3, -0.25) is 0 Å². The van der Waals surface area contributed by atoms with Crippen molar-refractivity contribution < 1.29 is 9.47 Å². The first kappa shape index (κ1) is 14.4. The largest absolute Gasteiger partial charge is 0.380 e. The Kier molecular flexibility index (Phi) is 7.08. The van der Waals surface area contributed by atoms with Crippen LogP contribution in [0.1, 0.15) is 13.8 Å². The summed E-state index contributed by atoms with van der Waals surface area (Å²) in [6.07, 6.45) is 1.90. The fourth-order valence-corrected chi connectivity index (χ4v) is 1.86. The van der Waals surface area contributed by atoms with Crippen LogP contribution in [0.25, 0.3) is 0 Å². The van der Waals surface area contributed by atoms with E-state index < -0.39 is 0 Å². The summed E-state index contributed by atoms with van der Waals surface area (Å²) in [5, 5.41) is 3.31. The van der Waals surface area contributed by atoms with Crippen LogP contribution in [0.2, 0.25) is 0 Å². The molecule has 0 saturated carbocycles. The maximum Gasteiger partial charge on any atom is 0.174 e. The molecule has 0 aliphatic carbocycles. The van der Waals surface area contributed by atoms with Gasteiger partial charge in [0.05, 0.1) is 6.54 Å². The van der Waals surface area contributed by atoms with E-state index in [-0.39, 0.29) is 6.29 Å². The van der Waals surface area contributed by atoms with E-state index in [0.717, 1.165) is 5.69 Å². The number of benzene rings is 1. The lowest BCUT2D eigenvalue weighted by atomic mass is 10.3. The Morgan fingerprint density at radius 1 is 1.12 bits per heavy atom. The molecule has 0 amide bonds. The molecular formula is C13H21NO2S. The summed E-state index contributed by atoms with van der Waals surface area (Å²) < 4.78 is 10.9. The van der Waals surface area contributed by atoms with Crippen molar-refractivity contribution >= 4 is 17.4 Å². The highest BCUT2D eigenvalue weighted by molar-refractivity contribution is 7.98. The summed E-state index contributed by atoms with van der Waals surface area (Å²) in [6, 6.07) is 8.34. The Labute approximate surface area is 108 Å². The van der Waals surface area contributed by atoms with Gasteiger partial charge in [-0.25, -0.2) is 0 Å². The molecule has 4 heteroatoms. The van der Waals surface area contributed by atoms with Crippen molar-refractivity contribution in [1.29, 1.82) is 0 Å². The summed E-state index contributed by atoms with van der Waals surface area (Å²) in [4.78, 5) is 1.27. The number of thioether (sulfide) groups is 1. The predicted octanol–water partition coefficient (Wildman–Crippen LogP) is 3.22.